The molecule has 3 heterocycles. The quantitative estimate of drug-likeness (QED) is 0.881. The van der Waals surface area contributed by atoms with Gasteiger partial charge in [0.05, 0.1) is 11.9 Å². The normalized spacial score (nSPS) is 15.7. The molecule has 0 atom stereocenters. The predicted octanol–water partition coefficient (Wildman–Crippen LogP) is 3.26. The van der Waals surface area contributed by atoms with E-state index in [1.165, 1.54) is 0 Å². The van der Waals surface area contributed by atoms with Crippen molar-refractivity contribution in [3.05, 3.63) is 42.2 Å². The molecule has 1 aliphatic heterocycles. The van der Waals surface area contributed by atoms with Gasteiger partial charge in [-0.1, -0.05) is 6.07 Å². The van der Waals surface area contributed by atoms with Crippen LogP contribution in [0.15, 0.2) is 30.5 Å². The van der Waals surface area contributed by atoms with E-state index in [9.17, 15) is 8.78 Å². The van der Waals surface area contributed by atoms with Gasteiger partial charge in [0.1, 0.15) is 5.82 Å². The second kappa shape index (κ2) is 6.79. The van der Waals surface area contributed by atoms with Crippen molar-refractivity contribution in [2.45, 2.75) is 12.8 Å². The highest BCUT2D eigenvalue weighted by molar-refractivity contribution is 5.61. The minimum atomic E-state index is -0.723. The van der Waals surface area contributed by atoms with Crippen LogP contribution in [0.5, 0.6) is 0 Å². The summed E-state index contributed by atoms with van der Waals surface area (Å²) in [5.74, 6) is -0.107. The van der Waals surface area contributed by atoms with Crippen LogP contribution >= 0.6 is 0 Å². The molecule has 0 saturated carbocycles. The summed E-state index contributed by atoms with van der Waals surface area (Å²) in [6, 6.07) is 6.29. The molecule has 0 spiro atoms. The molecule has 1 aliphatic rings. The lowest BCUT2D eigenvalue weighted by atomic mass is 10.0. The summed E-state index contributed by atoms with van der Waals surface area (Å²) in [5.41, 5.74) is 0.498. The summed E-state index contributed by atoms with van der Waals surface area (Å²) >= 11 is 0. The van der Waals surface area contributed by atoms with Crippen molar-refractivity contribution in [2.24, 2.45) is 5.92 Å². The molecular formula is C16H17F2N3O. The number of nitrogens with zero attached hydrogens (tertiary/aromatic N) is 2. The Kier molecular flexibility index (Phi) is 4.58. The van der Waals surface area contributed by atoms with E-state index in [1.807, 2.05) is 6.07 Å². The summed E-state index contributed by atoms with van der Waals surface area (Å²) in [6.07, 6.45) is 2.92. The molecule has 6 heteroatoms. The Bertz CT molecular complexity index is 645. The lowest BCUT2D eigenvalue weighted by molar-refractivity contribution is 0.0699. The smallest absolute Gasteiger partial charge is 0.213 e. The molecular weight excluding hydrogens is 288 g/mol. The number of rotatable bonds is 4. The Morgan fingerprint density at radius 3 is 2.86 bits per heavy atom. The van der Waals surface area contributed by atoms with Crippen molar-refractivity contribution in [2.75, 3.05) is 25.1 Å². The maximum absolute atomic E-state index is 13.8. The van der Waals surface area contributed by atoms with Gasteiger partial charge in [0, 0.05) is 31.4 Å². The van der Waals surface area contributed by atoms with Crippen LogP contribution in [0.25, 0.3) is 11.3 Å². The number of hydrogen-bond donors (Lipinski definition) is 1. The van der Waals surface area contributed by atoms with Gasteiger partial charge in [0.2, 0.25) is 5.95 Å². The van der Waals surface area contributed by atoms with Crippen molar-refractivity contribution in [3.8, 4) is 11.3 Å². The first-order chi connectivity index (χ1) is 10.7. The molecule has 4 nitrogen and oxygen atoms in total. The third-order valence-electron chi connectivity index (χ3n) is 3.76. The number of pyridine rings is 2. The van der Waals surface area contributed by atoms with Gasteiger partial charge < -0.3 is 10.1 Å². The van der Waals surface area contributed by atoms with E-state index >= 15 is 0 Å². The lowest BCUT2D eigenvalue weighted by Crippen LogP contribution is -2.22. The standard InChI is InChI=1S/C16H17F2N3O/c17-13-10-19-15(18)8-12(13)14-2-1-3-16(21-14)20-9-11-4-6-22-7-5-11/h1-3,8,10-11H,4-7,9H2,(H,20,21). The van der Waals surface area contributed by atoms with Gasteiger partial charge in [-0.15, -0.1) is 0 Å². The van der Waals surface area contributed by atoms with E-state index in [0.29, 0.717) is 17.4 Å². The molecule has 22 heavy (non-hydrogen) atoms. The van der Waals surface area contributed by atoms with Crippen molar-refractivity contribution in [1.29, 1.82) is 0 Å². The number of aromatic nitrogens is 2. The minimum absolute atomic E-state index is 0.113. The monoisotopic (exact) mass is 305 g/mol. The van der Waals surface area contributed by atoms with Crippen molar-refractivity contribution >= 4 is 5.82 Å². The molecule has 0 radical (unpaired) electrons. The zero-order valence-corrected chi connectivity index (χ0v) is 12.1. The van der Waals surface area contributed by atoms with E-state index < -0.39 is 11.8 Å². The molecule has 0 bridgehead atoms. The fourth-order valence-corrected chi connectivity index (χ4v) is 2.49. The average molecular weight is 305 g/mol. The van der Waals surface area contributed by atoms with Crippen LogP contribution in [0, 0.1) is 17.7 Å². The molecule has 2 aromatic rings. The van der Waals surface area contributed by atoms with Crippen LogP contribution < -0.4 is 5.32 Å². The molecule has 0 aromatic carbocycles. The van der Waals surface area contributed by atoms with Crippen molar-refractivity contribution < 1.29 is 13.5 Å². The molecule has 2 aromatic heterocycles. The highest BCUT2D eigenvalue weighted by Crippen LogP contribution is 2.22. The maximum atomic E-state index is 13.8. The summed E-state index contributed by atoms with van der Waals surface area (Å²) in [6.45, 7) is 2.38. The number of anilines is 1. The van der Waals surface area contributed by atoms with Crippen LogP contribution in [-0.4, -0.2) is 29.7 Å². The second-order valence-electron chi connectivity index (χ2n) is 5.33. The largest absolute Gasteiger partial charge is 0.381 e. The molecule has 1 fully saturated rings. The zero-order chi connectivity index (χ0) is 15.4. The van der Waals surface area contributed by atoms with E-state index in [-0.39, 0.29) is 5.56 Å². The third kappa shape index (κ3) is 3.57. The third-order valence-corrected chi connectivity index (χ3v) is 3.76. The van der Waals surface area contributed by atoms with Gasteiger partial charge in [-0.05, 0) is 30.9 Å². The minimum Gasteiger partial charge on any atom is -0.381 e. The first-order valence-electron chi connectivity index (χ1n) is 7.32. The van der Waals surface area contributed by atoms with Gasteiger partial charge in [0.15, 0.2) is 5.82 Å². The molecule has 1 N–H and O–H groups in total. The van der Waals surface area contributed by atoms with Gasteiger partial charge in [-0.2, -0.15) is 4.39 Å². The van der Waals surface area contributed by atoms with Crippen molar-refractivity contribution in [1.82, 2.24) is 9.97 Å². The van der Waals surface area contributed by atoms with E-state index in [4.69, 9.17) is 4.74 Å². The highest BCUT2D eigenvalue weighted by atomic mass is 19.1. The highest BCUT2D eigenvalue weighted by Gasteiger charge is 2.14. The van der Waals surface area contributed by atoms with Crippen molar-refractivity contribution in [3.63, 3.8) is 0 Å². The molecule has 0 aliphatic carbocycles. The fourth-order valence-electron chi connectivity index (χ4n) is 2.49. The Morgan fingerprint density at radius 1 is 1.23 bits per heavy atom. The van der Waals surface area contributed by atoms with Crippen LogP contribution in [0.4, 0.5) is 14.6 Å². The average Bonchev–Trinajstić information content (AvgIpc) is 2.56. The van der Waals surface area contributed by atoms with Gasteiger partial charge >= 0.3 is 0 Å². The first kappa shape index (κ1) is 14.8. The molecule has 0 amide bonds. The summed E-state index contributed by atoms with van der Waals surface area (Å²) in [7, 11) is 0. The summed E-state index contributed by atoms with van der Waals surface area (Å²) < 4.78 is 32.3. The topological polar surface area (TPSA) is 47.0 Å². The SMILES string of the molecule is Fc1cc(-c2cccc(NCC3CCOCC3)n2)c(F)cn1. The summed E-state index contributed by atoms with van der Waals surface area (Å²) in [5, 5.41) is 3.26. The summed E-state index contributed by atoms with van der Waals surface area (Å²) in [4.78, 5) is 7.64. The number of nitrogens with one attached hydrogen (secondary N) is 1. The van der Waals surface area contributed by atoms with Crippen LogP contribution in [0.3, 0.4) is 0 Å². The Hall–Kier alpha value is -2.08. The zero-order valence-electron chi connectivity index (χ0n) is 12.1. The molecule has 0 unspecified atom stereocenters. The number of hydrogen-bond acceptors (Lipinski definition) is 4. The second-order valence-corrected chi connectivity index (χ2v) is 5.33. The van der Waals surface area contributed by atoms with Gasteiger partial charge in [-0.25, -0.2) is 14.4 Å². The van der Waals surface area contributed by atoms with Crippen LogP contribution in [-0.2, 0) is 4.74 Å². The van der Waals surface area contributed by atoms with Crippen LogP contribution in [0.1, 0.15) is 12.8 Å². The molecule has 3 rings (SSSR count). The Labute approximate surface area is 127 Å². The Balaban J connectivity index is 1.73. The van der Waals surface area contributed by atoms with Crippen LogP contribution in [0.2, 0.25) is 0 Å². The lowest BCUT2D eigenvalue weighted by Gasteiger charge is -2.22. The predicted molar refractivity (Wildman–Crippen MR) is 79.4 cm³/mol. The number of ether oxygens (including phenoxy) is 1. The molecule has 116 valence electrons. The number of halogens is 2. The first-order valence-corrected chi connectivity index (χ1v) is 7.32. The van der Waals surface area contributed by atoms with Gasteiger partial charge in [0.25, 0.3) is 0 Å². The van der Waals surface area contributed by atoms with E-state index in [0.717, 1.165) is 44.9 Å². The fraction of sp³-hybridized carbons (Fsp3) is 0.375. The van der Waals surface area contributed by atoms with E-state index in [2.05, 4.69) is 15.3 Å². The molecule has 1 saturated heterocycles. The van der Waals surface area contributed by atoms with E-state index in [1.54, 1.807) is 12.1 Å². The Morgan fingerprint density at radius 2 is 2.05 bits per heavy atom. The van der Waals surface area contributed by atoms with Gasteiger partial charge in [-0.3, -0.25) is 0 Å². The maximum Gasteiger partial charge on any atom is 0.213 e.